The summed E-state index contributed by atoms with van der Waals surface area (Å²) in [5.74, 6) is -0.302. The first-order valence-corrected chi connectivity index (χ1v) is 8.62. The smallest absolute Gasteiger partial charge is 0.335 e. The average Bonchev–Trinajstić information content (AvgIpc) is 2.37. The van der Waals surface area contributed by atoms with Crippen molar-refractivity contribution in [3.63, 3.8) is 0 Å². The van der Waals surface area contributed by atoms with Gasteiger partial charge in [-0.3, -0.25) is 0 Å². The average molecular weight is 315 g/mol. The van der Waals surface area contributed by atoms with Gasteiger partial charge in [0.15, 0.2) is 0 Å². The SMILES string of the molecule is CC1(C)CN(S(=O)(=O)c2ccc(C(=O)O)cc2)CCS1. The second-order valence-electron chi connectivity index (χ2n) is 5.28. The van der Waals surface area contributed by atoms with Gasteiger partial charge >= 0.3 is 5.97 Å². The van der Waals surface area contributed by atoms with Crippen LogP contribution in [0.5, 0.6) is 0 Å². The van der Waals surface area contributed by atoms with Gasteiger partial charge in [0.2, 0.25) is 10.0 Å². The first-order chi connectivity index (χ1) is 9.22. The van der Waals surface area contributed by atoms with E-state index < -0.39 is 16.0 Å². The molecule has 7 heteroatoms. The van der Waals surface area contributed by atoms with Crippen LogP contribution >= 0.6 is 11.8 Å². The summed E-state index contributed by atoms with van der Waals surface area (Å²) in [4.78, 5) is 10.9. The van der Waals surface area contributed by atoms with Gasteiger partial charge in [0.25, 0.3) is 0 Å². The molecule has 2 rings (SSSR count). The van der Waals surface area contributed by atoms with Crippen molar-refractivity contribution in [2.45, 2.75) is 23.5 Å². The molecule has 0 spiro atoms. The highest BCUT2D eigenvalue weighted by Gasteiger charge is 2.34. The van der Waals surface area contributed by atoms with Gasteiger partial charge in [-0.15, -0.1) is 0 Å². The Hall–Kier alpha value is -1.05. The molecule has 1 aliphatic heterocycles. The molecule has 1 fully saturated rings. The second kappa shape index (κ2) is 5.38. The number of sulfonamides is 1. The molecule has 1 aromatic carbocycles. The van der Waals surface area contributed by atoms with Crippen LogP contribution < -0.4 is 0 Å². The van der Waals surface area contributed by atoms with Crippen LogP contribution in [0.4, 0.5) is 0 Å². The predicted molar refractivity (Wildman–Crippen MR) is 78.7 cm³/mol. The summed E-state index contributed by atoms with van der Waals surface area (Å²) in [6.07, 6.45) is 0. The molecule has 5 nitrogen and oxygen atoms in total. The molecule has 1 aromatic rings. The lowest BCUT2D eigenvalue weighted by atomic mass is 10.2. The number of nitrogens with zero attached hydrogens (tertiary/aromatic N) is 1. The number of aromatic carboxylic acids is 1. The van der Waals surface area contributed by atoms with Gasteiger partial charge < -0.3 is 5.11 Å². The van der Waals surface area contributed by atoms with Gasteiger partial charge in [0.1, 0.15) is 0 Å². The van der Waals surface area contributed by atoms with Crippen LogP contribution in [-0.4, -0.2) is 47.4 Å². The fraction of sp³-hybridized carbons (Fsp3) is 0.462. The third kappa shape index (κ3) is 3.16. The van der Waals surface area contributed by atoms with Crippen LogP contribution in [0.2, 0.25) is 0 Å². The predicted octanol–water partition coefficient (Wildman–Crippen LogP) is 1.90. The number of carboxylic acids is 1. The molecule has 1 aliphatic rings. The number of hydrogen-bond donors (Lipinski definition) is 1. The maximum Gasteiger partial charge on any atom is 0.335 e. The van der Waals surface area contributed by atoms with Gasteiger partial charge in [-0.25, -0.2) is 13.2 Å². The Morgan fingerprint density at radius 1 is 1.30 bits per heavy atom. The van der Waals surface area contributed by atoms with Crippen LogP contribution in [-0.2, 0) is 10.0 Å². The van der Waals surface area contributed by atoms with Gasteiger partial charge in [0, 0.05) is 23.6 Å². The van der Waals surface area contributed by atoms with Crippen molar-refractivity contribution in [3.8, 4) is 0 Å². The molecule has 0 saturated carbocycles. The van der Waals surface area contributed by atoms with Crippen molar-refractivity contribution in [1.82, 2.24) is 4.31 Å². The van der Waals surface area contributed by atoms with Crippen LogP contribution in [0.1, 0.15) is 24.2 Å². The van der Waals surface area contributed by atoms with Gasteiger partial charge in [0.05, 0.1) is 10.5 Å². The zero-order chi connectivity index (χ0) is 15.0. The minimum Gasteiger partial charge on any atom is -0.478 e. The molecular formula is C13H17NO4S2. The molecule has 20 heavy (non-hydrogen) atoms. The first kappa shape index (κ1) is 15.3. The van der Waals surface area contributed by atoms with Gasteiger partial charge in [-0.1, -0.05) is 0 Å². The molecule has 0 radical (unpaired) electrons. The van der Waals surface area contributed by atoms with Gasteiger partial charge in [-0.05, 0) is 38.1 Å². The fourth-order valence-corrected chi connectivity index (χ4v) is 5.01. The quantitative estimate of drug-likeness (QED) is 0.922. The van der Waals surface area contributed by atoms with Crippen molar-refractivity contribution in [2.24, 2.45) is 0 Å². The Morgan fingerprint density at radius 3 is 2.40 bits per heavy atom. The fourth-order valence-electron chi connectivity index (χ4n) is 2.10. The van der Waals surface area contributed by atoms with Crippen LogP contribution in [0.25, 0.3) is 0 Å². The minimum absolute atomic E-state index is 0.0819. The Labute approximate surface area is 123 Å². The van der Waals surface area contributed by atoms with Crippen LogP contribution in [0.15, 0.2) is 29.2 Å². The third-order valence-electron chi connectivity index (χ3n) is 3.13. The summed E-state index contributed by atoms with van der Waals surface area (Å²) in [5.41, 5.74) is 0.0819. The maximum atomic E-state index is 12.5. The van der Waals surface area contributed by atoms with E-state index in [0.717, 1.165) is 5.75 Å². The topological polar surface area (TPSA) is 74.7 Å². The molecule has 1 N–H and O–H groups in total. The molecule has 0 aliphatic carbocycles. The summed E-state index contributed by atoms with van der Waals surface area (Å²) in [5, 5.41) is 8.83. The summed E-state index contributed by atoms with van der Waals surface area (Å²) >= 11 is 1.76. The highest BCUT2D eigenvalue weighted by atomic mass is 32.2. The highest BCUT2D eigenvalue weighted by Crippen LogP contribution is 2.32. The molecule has 0 amide bonds. The molecular weight excluding hydrogens is 298 g/mol. The Kier molecular flexibility index (Phi) is 4.13. The maximum absolute atomic E-state index is 12.5. The normalized spacial score (nSPS) is 19.7. The zero-order valence-electron chi connectivity index (χ0n) is 11.4. The summed E-state index contributed by atoms with van der Waals surface area (Å²) in [6.45, 7) is 4.98. The van der Waals surface area contributed by atoms with E-state index in [0.29, 0.717) is 13.1 Å². The zero-order valence-corrected chi connectivity index (χ0v) is 13.0. The summed E-state index contributed by atoms with van der Waals surface area (Å²) in [6, 6.07) is 5.35. The number of hydrogen-bond acceptors (Lipinski definition) is 4. The Balaban J connectivity index is 2.28. The Morgan fingerprint density at radius 2 is 1.90 bits per heavy atom. The molecule has 110 valence electrons. The van der Waals surface area contributed by atoms with Crippen molar-refractivity contribution in [2.75, 3.05) is 18.8 Å². The van der Waals surface area contributed by atoms with Crippen LogP contribution in [0, 0.1) is 0 Å². The second-order valence-corrected chi connectivity index (χ2v) is 9.02. The lowest BCUT2D eigenvalue weighted by Crippen LogP contribution is -2.46. The largest absolute Gasteiger partial charge is 0.478 e. The molecule has 0 aromatic heterocycles. The highest BCUT2D eigenvalue weighted by molar-refractivity contribution is 8.00. The van der Waals surface area contributed by atoms with Crippen molar-refractivity contribution in [1.29, 1.82) is 0 Å². The van der Waals surface area contributed by atoms with E-state index in [-0.39, 0.29) is 15.2 Å². The molecule has 0 unspecified atom stereocenters. The number of carbonyl (C=O) groups is 1. The number of thioether (sulfide) groups is 1. The molecule has 0 bridgehead atoms. The van der Waals surface area contributed by atoms with E-state index in [1.165, 1.54) is 28.6 Å². The Bertz CT molecular complexity index is 608. The van der Waals surface area contributed by atoms with E-state index in [2.05, 4.69) is 0 Å². The summed E-state index contributed by atoms with van der Waals surface area (Å²) < 4.78 is 26.4. The lowest BCUT2D eigenvalue weighted by molar-refractivity contribution is 0.0696. The summed E-state index contributed by atoms with van der Waals surface area (Å²) in [7, 11) is -3.55. The number of carboxylic acid groups (broad SMARTS) is 1. The van der Waals surface area contributed by atoms with Crippen molar-refractivity contribution < 1.29 is 18.3 Å². The molecule has 0 atom stereocenters. The third-order valence-corrected chi connectivity index (χ3v) is 6.29. The lowest BCUT2D eigenvalue weighted by Gasteiger charge is -2.36. The monoisotopic (exact) mass is 315 g/mol. The van der Waals surface area contributed by atoms with Crippen molar-refractivity contribution >= 4 is 27.8 Å². The van der Waals surface area contributed by atoms with E-state index in [4.69, 9.17) is 5.11 Å². The van der Waals surface area contributed by atoms with E-state index in [1.54, 1.807) is 11.8 Å². The molecule has 1 heterocycles. The van der Waals surface area contributed by atoms with E-state index in [9.17, 15) is 13.2 Å². The van der Waals surface area contributed by atoms with E-state index >= 15 is 0 Å². The number of rotatable bonds is 3. The van der Waals surface area contributed by atoms with Crippen LogP contribution in [0.3, 0.4) is 0 Å². The van der Waals surface area contributed by atoms with E-state index in [1.807, 2.05) is 13.8 Å². The standard InChI is InChI=1S/C13H17NO4S2/c1-13(2)9-14(7-8-19-13)20(17,18)11-5-3-10(4-6-11)12(15)16/h3-6H,7-9H2,1-2H3,(H,15,16). The first-order valence-electron chi connectivity index (χ1n) is 6.20. The van der Waals surface area contributed by atoms with Gasteiger partial charge in [-0.2, -0.15) is 16.1 Å². The minimum atomic E-state index is -3.55. The van der Waals surface area contributed by atoms with Crippen molar-refractivity contribution in [3.05, 3.63) is 29.8 Å². The number of benzene rings is 1. The molecule has 1 saturated heterocycles.